The van der Waals surface area contributed by atoms with E-state index in [1.807, 2.05) is 6.07 Å². The minimum absolute atomic E-state index is 0.147. The molecule has 98 valence electrons. The predicted octanol–water partition coefficient (Wildman–Crippen LogP) is 0.603. The molecule has 0 radical (unpaired) electrons. The van der Waals surface area contributed by atoms with Crippen LogP contribution in [0.1, 0.15) is 15.9 Å². The van der Waals surface area contributed by atoms with E-state index in [1.54, 1.807) is 24.3 Å². The van der Waals surface area contributed by atoms with Crippen molar-refractivity contribution in [1.82, 2.24) is 0 Å². The smallest absolute Gasteiger partial charge is 0.478 e. The molecule has 5 nitrogen and oxygen atoms in total. The Hall–Kier alpha value is -2.62. The number of hydrogen-bond acceptors (Lipinski definition) is 4. The summed E-state index contributed by atoms with van der Waals surface area (Å²) in [7, 11) is -1.71. The minimum Gasteiger partial charge on any atom is -0.478 e. The number of benzene rings is 2. The quantitative estimate of drug-likeness (QED) is 0.707. The molecule has 0 aliphatic carbocycles. The lowest BCUT2D eigenvalue weighted by atomic mass is 9.74. The Morgan fingerprint density at radius 3 is 2.25 bits per heavy atom. The van der Waals surface area contributed by atoms with E-state index in [0.717, 1.165) is 0 Å². The standard InChI is InChI=1S/C14H10BNO4/c16-8-9-1-6-12(13(7-9)15(19)20)10-2-4-11(5-3-10)14(17)18/h1-7,19-20H,(H,17,18). The lowest BCUT2D eigenvalue weighted by Gasteiger charge is -2.10. The lowest BCUT2D eigenvalue weighted by Crippen LogP contribution is -2.31. The molecule has 0 saturated carbocycles. The summed E-state index contributed by atoms with van der Waals surface area (Å²) in [4.78, 5) is 10.8. The van der Waals surface area contributed by atoms with Crippen molar-refractivity contribution >= 4 is 18.6 Å². The highest BCUT2D eigenvalue weighted by atomic mass is 16.4. The van der Waals surface area contributed by atoms with Crippen molar-refractivity contribution < 1.29 is 19.9 Å². The van der Waals surface area contributed by atoms with Gasteiger partial charge < -0.3 is 15.2 Å². The molecule has 0 aromatic heterocycles. The van der Waals surface area contributed by atoms with Gasteiger partial charge in [0.15, 0.2) is 0 Å². The number of nitrogens with zero attached hydrogens (tertiary/aromatic N) is 1. The van der Waals surface area contributed by atoms with Crippen LogP contribution in [0.3, 0.4) is 0 Å². The molecule has 0 aliphatic rings. The van der Waals surface area contributed by atoms with E-state index < -0.39 is 13.1 Å². The molecule has 0 unspecified atom stereocenters. The molecule has 20 heavy (non-hydrogen) atoms. The fraction of sp³-hybridized carbons (Fsp3) is 0. The summed E-state index contributed by atoms with van der Waals surface area (Å²) in [5.74, 6) is -1.03. The summed E-state index contributed by atoms with van der Waals surface area (Å²) in [6, 6.07) is 12.5. The highest BCUT2D eigenvalue weighted by Gasteiger charge is 2.18. The van der Waals surface area contributed by atoms with Crippen molar-refractivity contribution in [1.29, 1.82) is 5.26 Å². The molecular weight excluding hydrogens is 257 g/mol. The van der Waals surface area contributed by atoms with Crippen molar-refractivity contribution in [3.8, 4) is 17.2 Å². The molecule has 0 fully saturated rings. The van der Waals surface area contributed by atoms with Gasteiger partial charge in [-0.1, -0.05) is 18.2 Å². The number of nitriles is 1. The normalized spacial score (nSPS) is 9.85. The molecule has 0 heterocycles. The van der Waals surface area contributed by atoms with Gasteiger partial charge in [-0.25, -0.2) is 4.79 Å². The van der Waals surface area contributed by atoms with Crippen molar-refractivity contribution in [2.45, 2.75) is 0 Å². The van der Waals surface area contributed by atoms with E-state index in [0.29, 0.717) is 16.7 Å². The molecule has 0 aliphatic heterocycles. The summed E-state index contributed by atoms with van der Waals surface area (Å²) >= 11 is 0. The molecule has 6 heteroatoms. The van der Waals surface area contributed by atoms with Crippen LogP contribution in [-0.4, -0.2) is 28.2 Å². The van der Waals surface area contributed by atoms with Crippen molar-refractivity contribution in [2.75, 3.05) is 0 Å². The molecule has 3 N–H and O–H groups in total. The molecule has 0 bridgehead atoms. The third-order valence-electron chi connectivity index (χ3n) is 2.90. The maximum atomic E-state index is 10.8. The van der Waals surface area contributed by atoms with E-state index in [-0.39, 0.29) is 11.0 Å². The SMILES string of the molecule is N#Cc1ccc(-c2ccc(C(=O)O)cc2)c(B(O)O)c1. The second kappa shape index (κ2) is 5.57. The zero-order valence-electron chi connectivity index (χ0n) is 10.3. The van der Waals surface area contributed by atoms with Crippen LogP contribution in [0.15, 0.2) is 42.5 Å². The second-order valence-electron chi connectivity index (χ2n) is 4.17. The zero-order chi connectivity index (χ0) is 14.7. The number of aromatic carboxylic acids is 1. The minimum atomic E-state index is -1.71. The van der Waals surface area contributed by atoms with Gasteiger partial charge in [-0.15, -0.1) is 0 Å². The molecule has 2 rings (SSSR count). The van der Waals surface area contributed by atoms with Gasteiger partial charge in [0.2, 0.25) is 0 Å². The van der Waals surface area contributed by atoms with E-state index in [2.05, 4.69) is 0 Å². The summed E-state index contributed by atoms with van der Waals surface area (Å²) in [5, 5.41) is 36.4. The molecular formula is C14H10BNO4. The average molecular weight is 267 g/mol. The third kappa shape index (κ3) is 2.69. The van der Waals surface area contributed by atoms with Gasteiger partial charge in [-0.05, 0) is 40.9 Å². The van der Waals surface area contributed by atoms with Crippen LogP contribution in [0.2, 0.25) is 0 Å². The Morgan fingerprint density at radius 2 is 1.75 bits per heavy atom. The van der Waals surface area contributed by atoms with Crippen LogP contribution in [0.5, 0.6) is 0 Å². The van der Waals surface area contributed by atoms with Crippen molar-refractivity contribution in [3.05, 3.63) is 53.6 Å². The van der Waals surface area contributed by atoms with Crippen LogP contribution in [0.25, 0.3) is 11.1 Å². The molecule has 0 saturated heterocycles. The van der Waals surface area contributed by atoms with Gasteiger partial charge in [0, 0.05) is 0 Å². The molecule has 0 amide bonds. The van der Waals surface area contributed by atoms with Crippen LogP contribution in [0, 0.1) is 11.3 Å². The van der Waals surface area contributed by atoms with Gasteiger partial charge in [-0.2, -0.15) is 5.26 Å². The number of rotatable bonds is 3. The fourth-order valence-corrected chi connectivity index (χ4v) is 1.90. The number of carboxylic acids is 1. The monoisotopic (exact) mass is 267 g/mol. The van der Waals surface area contributed by atoms with Crippen LogP contribution < -0.4 is 5.46 Å². The summed E-state index contributed by atoms with van der Waals surface area (Å²) < 4.78 is 0. The fourth-order valence-electron chi connectivity index (χ4n) is 1.90. The van der Waals surface area contributed by atoms with Crippen molar-refractivity contribution in [2.24, 2.45) is 0 Å². The largest absolute Gasteiger partial charge is 0.489 e. The zero-order valence-corrected chi connectivity index (χ0v) is 10.3. The van der Waals surface area contributed by atoms with Gasteiger partial charge in [-0.3, -0.25) is 0 Å². The number of carboxylic acid groups (broad SMARTS) is 1. The van der Waals surface area contributed by atoms with Crippen LogP contribution in [0.4, 0.5) is 0 Å². The van der Waals surface area contributed by atoms with Gasteiger partial charge in [0.25, 0.3) is 0 Å². The topological polar surface area (TPSA) is 102 Å². The molecule has 0 spiro atoms. The first-order valence-electron chi connectivity index (χ1n) is 5.77. The van der Waals surface area contributed by atoms with E-state index in [4.69, 9.17) is 10.4 Å². The van der Waals surface area contributed by atoms with Gasteiger partial charge in [0.05, 0.1) is 17.2 Å². The van der Waals surface area contributed by atoms with Crippen LogP contribution in [-0.2, 0) is 0 Å². The second-order valence-corrected chi connectivity index (χ2v) is 4.17. The maximum Gasteiger partial charge on any atom is 0.489 e. The van der Waals surface area contributed by atoms with Gasteiger partial charge in [0.1, 0.15) is 0 Å². The Bertz CT molecular complexity index is 689. The molecule has 0 atom stereocenters. The Balaban J connectivity index is 2.52. The number of carbonyl (C=O) groups is 1. The third-order valence-corrected chi connectivity index (χ3v) is 2.90. The summed E-state index contributed by atoms with van der Waals surface area (Å²) in [6.07, 6.45) is 0. The van der Waals surface area contributed by atoms with Crippen molar-refractivity contribution in [3.63, 3.8) is 0 Å². The molecule has 2 aromatic carbocycles. The average Bonchev–Trinajstić information content (AvgIpc) is 2.46. The summed E-state index contributed by atoms with van der Waals surface area (Å²) in [5.41, 5.74) is 1.85. The Morgan fingerprint density at radius 1 is 1.10 bits per heavy atom. The molecule has 2 aromatic rings. The summed E-state index contributed by atoms with van der Waals surface area (Å²) in [6.45, 7) is 0. The highest BCUT2D eigenvalue weighted by molar-refractivity contribution is 6.60. The van der Waals surface area contributed by atoms with E-state index in [1.165, 1.54) is 18.2 Å². The van der Waals surface area contributed by atoms with E-state index in [9.17, 15) is 14.8 Å². The number of hydrogen-bond donors (Lipinski definition) is 3. The first-order chi connectivity index (χ1) is 9.52. The maximum absolute atomic E-state index is 10.8. The first-order valence-corrected chi connectivity index (χ1v) is 5.77. The van der Waals surface area contributed by atoms with Crippen LogP contribution >= 0.6 is 0 Å². The van der Waals surface area contributed by atoms with E-state index >= 15 is 0 Å². The Labute approximate surface area is 115 Å². The lowest BCUT2D eigenvalue weighted by molar-refractivity contribution is 0.0697. The highest BCUT2D eigenvalue weighted by Crippen LogP contribution is 2.19. The Kier molecular flexibility index (Phi) is 3.85. The first kappa shape index (κ1) is 13.8. The van der Waals surface area contributed by atoms with Gasteiger partial charge >= 0.3 is 13.1 Å². The predicted molar refractivity (Wildman–Crippen MR) is 73.4 cm³/mol.